The minimum atomic E-state index is -0.807. The SMILES string of the molecule is CSc1ccc(C(=O)c2ccc(SC)cc2OCCCCC(=O)O)cc1. The van der Waals surface area contributed by atoms with Crippen LogP contribution in [0.2, 0.25) is 0 Å². The molecule has 2 aromatic rings. The summed E-state index contributed by atoms with van der Waals surface area (Å²) < 4.78 is 5.82. The molecular formula is C20H22O4S2. The highest BCUT2D eigenvalue weighted by molar-refractivity contribution is 7.98. The van der Waals surface area contributed by atoms with Crippen LogP contribution in [0, 0.1) is 0 Å². The van der Waals surface area contributed by atoms with Crippen LogP contribution in [-0.4, -0.2) is 36.0 Å². The molecule has 0 fully saturated rings. The Morgan fingerprint density at radius 3 is 2.23 bits per heavy atom. The minimum Gasteiger partial charge on any atom is -0.493 e. The minimum absolute atomic E-state index is 0.0779. The first kappa shape index (κ1) is 20.4. The topological polar surface area (TPSA) is 63.6 Å². The smallest absolute Gasteiger partial charge is 0.303 e. The zero-order valence-electron chi connectivity index (χ0n) is 14.9. The van der Waals surface area contributed by atoms with Gasteiger partial charge in [0.1, 0.15) is 5.75 Å². The van der Waals surface area contributed by atoms with Crippen LogP contribution in [0.25, 0.3) is 0 Å². The first-order valence-electron chi connectivity index (χ1n) is 8.26. The number of carboxylic acids is 1. The molecule has 0 heterocycles. The van der Waals surface area contributed by atoms with E-state index in [1.54, 1.807) is 29.6 Å². The normalized spacial score (nSPS) is 10.5. The number of aliphatic carboxylic acids is 1. The molecule has 138 valence electrons. The Kier molecular flexibility index (Phi) is 8.06. The van der Waals surface area contributed by atoms with Gasteiger partial charge in [0.05, 0.1) is 12.2 Å². The average molecular weight is 391 g/mol. The zero-order valence-corrected chi connectivity index (χ0v) is 16.5. The largest absolute Gasteiger partial charge is 0.493 e. The fraction of sp³-hybridized carbons (Fsp3) is 0.300. The van der Waals surface area contributed by atoms with E-state index in [4.69, 9.17) is 9.84 Å². The molecule has 0 atom stereocenters. The van der Waals surface area contributed by atoms with Crippen molar-refractivity contribution in [2.24, 2.45) is 0 Å². The van der Waals surface area contributed by atoms with E-state index in [9.17, 15) is 9.59 Å². The number of carbonyl (C=O) groups is 2. The van der Waals surface area contributed by atoms with Crippen LogP contribution >= 0.6 is 23.5 Å². The number of hydrogen-bond acceptors (Lipinski definition) is 5. The van der Waals surface area contributed by atoms with E-state index in [-0.39, 0.29) is 12.2 Å². The van der Waals surface area contributed by atoms with Crippen LogP contribution < -0.4 is 4.74 Å². The van der Waals surface area contributed by atoms with Crippen molar-refractivity contribution in [3.05, 3.63) is 53.6 Å². The molecule has 4 nitrogen and oxygen atoms in total. The summed E-state index contributed by atoms with van der Waals surface area (Å²) in [4.78, 5) is 25.6. The van der Waals surface area contributed by atoms with Crippen LogP contribution in [0.3, 0.4) is 0 Å². The summed E-state index contributed by atoms with van der Waals surface area (Å²) in [5, 5.41) is 8.69. The first-order valence-corrected chi connectivity index (χ1v) is 10.7. The monoisotopic (exact) mass is 390 g/mol. The average Bonchev–Trinajstić information content (AvgIpc) is 2.66. The van der Waals surface area contributed by atoms with E-state index in [0.29, 0.717) is 36.3 Å². The van der Waals surface area contributed by atoms with Crippen LogP contribution in [0.4, 0.5) is 0 Å². The third-order valence-corrected chi connectivity index (χ3v) is 5.30. The Morgan fingerprint density at radius 2 is 1.62 bits per heavy atom. The number of carboxylic acid groups (broad SMARTS) is 1. The van der Waals surface area contributed by atoms with Crippen LogP contribution in [0.5, 0.6) is 5.75 Å². The van der Waals surface area contributed by atoms with Gasteiger partial charge >= 0.3 is 5.97 Å². The molecule has 0 aliphatic carbocycles. The molecule has 0 bridgehead atoms. The highest BCUT2D eigenvalue weighted by Crippen LogP contribution is 2.28. The van der Waals surface area contributed by atoms with E-state index in [1.165, 1.54) is 0 Å². The molecule has 1 N–H and O–H groups in total. The van der Waals surface area contributed by atoms with Crippen molar-refractivity contribution in [1.82, 2.24) is 0 Å². The van der Waals surface area contributed by atoms with Gasteiger partial charge in [0.25, 0.3) is 0 Å². The molecular weight excluding hydrogens is 368 g/mol. The van der Waals surface area contributed by atoms with E-state index in [2.05, 4.69) is 0 Å². The summed E-state index contributed by atoms with van der Waals surface area (Å²) in [6.45, 7) is 0.386. The van der Waals surface area contributed by atoms with Crippen LogP contribution in [-0.2, 0) is 4.79 Å². The lowest BCUT2D eigenvalue weighted by molar-refractivity contribution is -0.137. The van der Waals surface area contributed by atoms with Crippen LogP contribution in [0.15, 0.2) is 52.3 Å². The van der Waals surface area contributed by atoms with Gasteiger partial charge in [-0.2, -0.15) is 0 Å². The quantitative estimate of drug-likeness (QED) is 0.350. The van der Waals surface area contributed by atoms with E-state index in [1.807, 2.05) is 48.9 Å². The number of unbranched alkanes of at least 4 members (excludes halogenated alkanes) is 1. The van der Waals surface area contributed by atoms with Crippen molar-refractivity contribution in [3.63, 3.8) is 0 Å². The summed E-state index contributed by atoms with van der Waals surface area (Å²) >= 11 is 3.21. The lowest BCUT2D eigenvalue weighted by Gasteiger charge is -2.12. The number of ketones is 1. The van der Waals surface area contributed by atoms with Crippen molar-refractivity contribution in [2.45, 2.75) is 29.1 Å². The number of carbonyl (C=O) groups excluding carboxylic acids is 1. The maximum absolute atomic E-state index is 12.9. The molecule has 6 heteroatoms. The molecule has 0 saturated carbocycles. The maximum Gasteiger partial charge on any atom is 0.303 e. The van der Waals surface area contributed by atoms with Crippen LogP contribution in [0.1, 0.15) is 35.2 Å². The van der Waals surface area contributed by atoms with Gasteiger partial charge in [-0.15, -0.1) is 23.5 Å². The molecule has 0 aliphatic heterocycles. The number of thioether (sulfide) groups is 2. The molecule has 0 aliphatic rings. The Bertz CT molecular complexity index is 757. The number of rotatable bonds is 10. The fourth-order valence-electron chi connectivity index (χ4n) is 2.39. The van der Waals surface area contributed by atoms with Gasteiger partial charge in [-0.3, -0.25) is 9.59 Å². The van der Waals surface area contributed by atoms with Crippen molar-refractivity contribution in [2.75, 3.05) is 19.1 Å². The van der Waals surface area contributed by atoms with Gasteiger partial charge in [-0.25, -0.2) is 0 Å². The van der Waals surface area contributed by atoms with Gasteiger partial charge in [0.15, 0.2) is 5.78 Å². The molecule has 0 amide bonds. The van der Waals surface area contributed by atoms with Gasteiger partial charge in [-0.1, -0.05) is 0 Å². The van der Waals surface area contributed by atoms with Crippen molar-refractivity contribution >= 4 is 35.3 Å². The molecule has 0 spiro atoms. The lowest BCUT2D eigenvalue weighted by Crippen LogP contribution is -2.07. The number of benzene rings is 2. The third-order valence-electron chi connectivity index (χ3n) is 3.83. The molecule has 26 heavy (non-hydrogen) atoms. The second-order valence-corrected chi connectivity index (χ2v) is 7.38. The molecule has 0 aromatic heterocycles. The highest BCUT2D eigenvalue weighted by atomic mass is 32.2. The zero-order chi connectivity index (χ0) is 18.9. The van der Waals surface area contributed by atoms with Crippen molar-refractivity contribution in [1.29, 1.82) is 0 Å². The number of hydrogen-bond donors (Lipinski definition) is 1. The standard InChI is InChI=1S/C20H22O4S2/c1-25-15-8-6-14(7-9-15)20(23)17-11-10-16(26-2)13-18(17)24-12-4-3-5-19(21)22/h6-11,13H,3-5,12H2,1-2H3,(H,21,22). The Labute approximate surface area is 162 Å². The third kappa shape index (κ3) is 5.81. The van der Waals surface area contributed by atoms with E-state index < -0.39 is 5.97 Å². The second-order valence-electron chi connectivity index (χ2n) is 5.62. The Hall–Kier alpha value is -1.92. The van der Waals surface area contributed by atoms with Crippen molar-refractivity contribution < 1.29 is 19.4 Å². The predicted molar refractivity (Wildman–Crippen MR) is 107 cm³/mol. The lowest BCUT2D eigenvalue weighted by atomic mass is 10.0. The maximum atomic E-state index is 12.9. The summed E-state index contributed by atoms with van der Waals surface area (Å²) in [5.74, 6) is -0.337. The summed E-state index contributed by atoms with van der Waals surface area (Å²) in [7, 11) is 0. The molecule has 2 rings (SSSR count). The van der Waals surface area contributed by atoms with Gasteiger partial charge in [0, 0.05) is 21.8 Å². The van der Waals surface area contributed by atoms with Gasteiger partial charge in [0.2, 0.25) is 0 Å². The Morgan fingerprint density at radius 1 is 0.962 bits per heavy atom. The molecule has 0 unspecified atom stereocenters. The van der Waals surface area contributed by atoms with E-state index in [0.717, 1.165) is 9.79 Å². The highest BCUT2D eigenvalue weighted by Gasteiger charge is 2.15. The first-order chi connectivity index (χ1) is 12.5. The fourth-order valence-corrected chi connectivity index (χ4v) is 3.23. The van der Waals surface area contributed by atoms with E-state index >= 15 is 0 Å². The Balaban J connectivity index is 2.15. The molecule has 0 saturated heterocycles. The summed E-state index contributed by atoms with van der Waals surface area (Å²) in [5.41, 5.74) is 1.15. The predicted octanol–water partition coefficient (Wildman–Crippen LogP) is 5.00. The summed E-state index contributed by atoms with van der Waals surface area (Å²) in [6.07, 6.45) is 5.27. The number of ether oxygens (including phenoxy) is 1. The molecule has 0 radical (unpaired) electrons. The molecule has 2 aromatic carbocycles. The van der Waals surface area contributed by atoms with Gasteiger partial charge < -0.3 is 9.84 Å². The second kappa shape index (κ2) is 10.3. The van der Waals surface area contributed by atoms with Crippen molar-refractivity contribution in [3.8, 4) is 5.75 Å². The van der Waals surface area contributed by atoms with Gasteiger partial charge in [-0.05, 0) is 67.8 Å². The summed E-state index contributed by atoms with van der Waals surface area (Å²) in [6, 6.07) is 13.1.